The molecular weight excluding hydrogens is 498 g/mol. The molecule has 2 aromatic carbocycles. The Morgan fingerprint density at radius 3 is 2.44 bits per heavy atom. The molecule has 1 aromatic heterocycles. The minimum atomic E-state index is -0.610. The molecule has 0 aliphatic carbocycles. The Bertz CT molecular complexity index is 1250. The monoisotopic (exact) mass is 523 g/mol. The topological polar surface area (TPSA) is 138 Å². The van der Waals surface area contributed by atoms with Crippen molar-refractivity contribution in [1.82, 2.24) is 15.5 Å². The maximum atomic E-state index is 12.8. The predicted molar refractivity (Wildman–Crippen MR) is 140 cm³/mol. The molecule has 9 nitrogen and oxygen atoms in total. The summed E-state index contributed by atoms with van der Waals surface area (Å²) < 4.78 is 5.73. The molecule has 0 unspecified atom stereocenters. The lowest BCUT2D eigenvalue weighted by Crippen LogP contribution is -2.49. The highest BCUT2D eigenvalue weighted by atomic mass is 32.2. The number of ether oxygens (including phenoxy) is 1. The van der Waals surface area contributed by atoms with Crippen molar-refractivity contribution >= 4 is 46.7 Å². The van der Waals surface area contributed by atoms with Crippen molar-refractivity contribution in [2.45, 2.75) is 12.6 Å². The Kier molecular flexibility index (Phi) is 8.24. The van der Waals surface area contributed by atoms with Gasteiger partial charge in [-0.25, -0.2) is 0 Å². The quantitative estimate of drug-likeness (QED) is 0.251. The first-order valence-corrected chi connectivity index (χ1v) is 13.1. The molecule has 1 aliphatic rings. The second-order valence-corrected chi connectivity index (χ2v) is 9.93. The van der Waals surface area contributed by atoms with Gasteiger partial charge in [-0.2, -0.15) is 0 Å². The molecule has 3 amide bonds. The van der Waals surface area contributed by atoms with Gasteiger partial charge in [0.1, 0.15) is 23.4 Å². The fourth-order valence-corrected chi connectivity index (χ4v) is 5.48. The Balaban J connectivity index is 1.26. The average Bonchev–Trinajstić information content (AvgIpc) is 3.57. The third kappa shape index (κ3) is 6.43. The number of hydrogen-bond acceptors (Lipinski definition) is 7. The first-order valence-electron chi connectivity index (χ1n) is 11.1. The number of amides is 3. The van der Waals surface area contributed by atoms with E-state index >= 15 is 0 Å². The van der Waals surface area contributed by atoms with Gasteiger partial charge in [0.25, 0.3) is 5.91 Å². The number of nitrogen functional groups attached to an aromatic ring is 1. The third-order valence-electron chi connectivity index (χ3n) is 5.40. The molecule has 36 heavy (non-hydrogen) atoms. The number of rotatable bonds is 9. The average molecular weight is 524 g/mol. The maximum Gasteiger partial charge on any atom is 0.251 e. The molecule has 0 saturated carbocycles. The highest BCUT2D eigenvalue weighted by Gasteiger charge is 2.34. The van der Waals surface area contributed by atoms with E-state index in [0.717, 1.165) is 4.88 Å². The summed E-state index contributed by atoms with van der Waals surface area (Å²) in [6, 6.07) is 17.1. The van der Waals surface area contributed by atoms with Gasteiger partial charge in [0.2, 0.25) is 11.8 Å². The van der Waals surface area contributed by atoms with E-state index in [1.54, 1.807) is 35.7 Å². The van der Waals surface area contributed by atoms with Gasteiger partial charge in [-0.05, 0) is 42.5 Å². The van der Waals surface area contributed by atoms with Crippen molar-refractivity contribution in [2.75, 3.05) is 18.2 Å². The zero-order valence-electron chi connectivity index (χ0n) is 19.2. The van der Waals surface area contributed by atoms with E-state index < -0.39 is 6.04 Å². The Morgan fingerprint density at radius 2 is 1.75 bits per heavy atom. The molecule has 1 aliphatic heterocycles. The van der Waals surface area contributed by atoms with Gasteiger partial charge in [-0.3, -0.25) is 19.8 Å². The van der Waals surface area contributed by atoms with Crippen molar-refractivity contribution in [3.05, 3.63) is 82.0 Å². The van der Waals surface area contributed by atoms with Crippen LogP contribution in [0.25, 0.3) is 0 Å². The van der Waals surface area contributed by atoms with Gasteiger partial charge >= 0.3 is 0 Å². The number of thioether (sulfide) groups is 1. The van der Waals surface area contributed by atoms with Crippen molar-refractivity contribution < 1.29 is 19.1 Å². The van der Waals surface area contributed by atoms with Crippen LogP contribution in [0, 0.1) is 5.41 Å². The summed E-state index contributed by atoms with van der Waals surface area (Å²) >= 11 is 2.89. The summed E-state index contributed by atoms with van der Waals surface area (Å²) in [4.78, 5) is 40.4. The van der Waals surface area contributed by atoms with Crippen molar-refractivity contribution in [3.63, 3.8) is 0 Å². The lowest BCUT2D eigenvalue weighted by molar-refractivity contribution is -0.137. The standard InChI is InChI=1S/C25H25N5O4S2/c26-23(27)17-10-20(36-13-17)11-28-25(33)21-14-35-15-30(21)22(31)12-29-24(32)16-6-8-19(9-7-16)34-18-4-2-1-3-5-18/h1-10,13,21H,11-12,14-15H2,(H3,26,27)(H,28,33)(H,29,32)/t21-/m0/s1. The van der Waals surface area contributed by atoms with E-state index in [-0.39, 0.29) is 30.1 Å². The molecule has 4 rings (SSSR count). The van der Waals surface area contributed by atoms with Crippen LogP contribution in [0.2, 0.25) is 0 Å². The molecule has 0 spiro atoms. The van der Waals surface area contributed by atoms with E-state index in [4.69, 9.17) is 15.9 Å². The number of nitrogens with zero attached hydrogens (tertiary/aromatic N) is 1. The highest BCUT2D eigenvalue weighted by Crippen LogP contribution is 2.23. The zero-order valence-corrected chi connectivity index (χ0v) is 20.9. The molecule has 1 fully saturated rings. The summed E-state index contributed by atoms with van der Waals surface area (Å²) in [6.07, 6.45) is 0. The number of amidine groups is 1. The minimum absolute atomic E-state index is 0.0219. The first-order chi connectivity index (χ1) is 17.4. The molecule has 0 bridgehead atoms. The van der Waals surface area contributed by atoms with Crippen LogP contribution in [0.3, 0.4) is 0 Å². The molecule has 2 heterocycles. The highest BCUT2D eigenvalue weighted by molar-refractivity contribution is 7.99. The normalized spacial score (nSPS) is 14.8. The lowest BCUT2D eigenvalue weighted by atomic mass is 10.2. The molecule has 186 valence electrons. The van der Waals surface area contributed by atoms with Crippen LogP contribution in [0.1, 0.15) is 20.8 Å². The van der Waals surface area contributed by atoms with Gasteiger partial charge < -0.3 is 26.0 Å². The summed E-state index contributed by atoms with van der Waals surface area (Å²) in [5.41, 5.74) is 6.49. The fraction of sp³-hybridized carbons (Fsp3) is 0.200. The lowest BCUT2D eigenvalue weighted by Gasteiger charge is -2.23. The van der Waals surface area contributed by atoms with E-state index in [1.165, 1.54) is 28.0 Å². The van der Waals surface area contributed by atoms with Crippen LogP contribution in [-0.2, 0) is 16.1 Å². The predicted octanol–water partition coefficient (Wildman–Crippen LogP) is 2.77. The van der Waals surface area contributed by atoms with Gasteiger partial charge in [-0.15, -0.1) is 23.1 Å². The van der Waals surface area contributed by atoms with Crippen LogP contribution in [0.15, 0.2) is 66.0 Å². The number of carbonyl (C=O) groups excluding carboxylic acids is 3. The third-order valence-corrected chi connectivity index (χ3v) is 7.35. The number of nitrogens with one attached hydrogen (secondary N) is 3. The summed E-state index contributed by atoms with van der Waals surface area (Å²) in [5.74, 6) is 1.16. The summed E-state index contributed by atoms with van der Waals surface area (Å²) in [5, 5.41) is 14.7. The Morgan fingerprint density at radius 1 is 1.03 bits per heavy atom. The van der Waals surface area contributed by atoms with Gasteiger partial charge in [0, 0.05) is 27.1 Å². The van der Waals surface area contributed by atoms with Gasteiger partial charge in [0.15, 0.2) is 0 Å². The second kappa shape index (κ2) is 11.7. The molecule has 1 saturated heterocycles. The van der Waals surface area contributed by atoms with Gasteiger partial charge in [0.05, 0.1) is 19.0 Å². The van der Waals surface area contributed by atoms with E-state index in [0.29, 0.717) is 40.8 Å². The van der Waals surface area contributed by atoms with Crippen LogP contribution in [-0.4, -0.2) is 52.7 Å². The van der Waals surface area contributed by atoms with Gasteiger partial charge in [-0.1, -0.05) is 18.2 Å². The number of thiophene rings is 1. The summed E-state index contributed by atoms with van der Waals surface area (Å²) in [7, 11) is 0. The van der Waals surface area contributed by atoms with Crippen LogP contribution in [0.5, 0.6) is 11.5 Å². The SMILES string of the molecule is N=C(N)c1csc(CNC(=O)[C@@H]2CSCN2C(=O)CNC(=O)c2ccc(Oc3ccccc3)cc2)c1. The zero-order chi connectivity index (χ0) is 25.5. The van der Waals surface area contributed by atoms with Crippen LogP contribution < -0.4 is 21.1 Å². The largest absolute Gasteiger partial charge is 0.457 e. The number of benzene rings is 2. The number of para-hydroxylation sites is 1. The van der Waals surface area contributed by atoms with Crippen LogP contribution in [0.4, 0.5) is 0 Å². The van der Waals surface area contributed by atoms with E-state index in [1.807, 2.05) is 30.3 Å². The first kappa shape index (κ1) is 25.3. The number of hydrogen-bond donors (Lipinski definition) is 4. The molecule has 0 radical (unpaired) electrons. The van der Waals surface area contributed by atoms with E-state index in [9.17, 15) is 14.4 Å². The van der Waals surface area contributed by atoms with Crippen molar-refractivity contribution in [2.24, 2.45) is 5.73 Å². The van der Waals surface area contributed by atoms with Crippen molar-refractivity contribution in [3.8, 4) is 11.5 Å². The molecular formula is C25H25N5O4S2. The summed E-state index contributed by atoms with van der Waals surface area (Å²) in [6.45, 7) is 0.0824. The number of nitrogens with two attached hydrogens (primary N) is 1. The molecule has 11 heteroatoms. The Labute approximate surface area is 216 Å². The Hall–Kier alpha value is -3.83. The smallest absolute Gasteiger partial charge is 0.251 e. The molecule has 5 N–H and O–H groups in total. The maximum absolute atomic E-state index is 12.8. The second-order valence-electron chi connectivity index (χ2n) is 7.93. The molecule has 3 aromatic rings. The molecule has 1 atom stereocenters. The fourth-order valence-electron chi connectivity index (χ4n) is 3.47. The van der Waals surface area contributed by atoms with Crippen molar-refractivity contribution in [1.29, 1.82) is 5.41 Å². The van der Waals surface area contributed by atoms with Crippen LogP contribution >= 0.6 is 23.1 Å². The minimum Gasteiger partial charge on any atom is -0.457 e. The van der Waals surface area contributed by atoms with E-state index in [2.05, 4.69) is 10.6 Å². The number of carbonyl (C=O) groups is 3.